The van der Waals surface area contributed by atoms with E-state index in [1.54, 1.807) is 0 Å². The van der Waals surface area contributed by atoms with Crippen molar-refractivity contribution < 1.29 is 9.22 Å². The van der Waals surface area contributed by atoms with E-state index in [2.05, 4.69) is 40.8 Å². The van der Waals surface area contributed by atoms with Gasteiger partial charge in [-0.2, -0.15) is 0 Å². The van der Waals surface area contributed by atoms with E-state index in [4.69, 9.17) is 4.43 Å². The van der Waals surface area contributed by atoms with Gasteiger partial charge in [0.05, 0.1) is 0 Å². The number of aldehydes is 1. The molecule has 0 fully saturated rings. The molecule has 0 aliphatic heterocycles. The molecule has 0 aliphatic rings. The van der Waals surface area contributed by atoms with E-state index in [1.807, 2.05) is 0 Å². The third-order valence-electron chi connectivity index (χ3n) is 3.88. The lowest BCUT2D eigenvalue weighted by Crippen LogP contribution is -2.42. The Bertz CT molecular complexity index is 219. The lowest BCUT2D eigenvalue weighted by Gasteiger charge is -2.37. The Kier molecular flexibility index (Phi) is 7.25. The summed E-state index contributed by atoms with van der Waals surface area (Å²) in [6.07, 6.45) is 5.01. The van der Waals surface area contributed by atoms with Gasteiger partial charge in [-0.05, 0) is 36.9 Å². The lowest BCUT2D eigenvalue weighted by molar-refractivity contribution is -0.108. The highest BCUT2D eigenvalue weighted by atomic mass is 28.4. The second-order valence-electron chi connectivity index (χ2n) is 6.47. The first-order valence-corrected chi connectivity index (χ1v) is 9.73. The molecule has 0 radical (unpaired) electrons. The standard InChI is InChI=1S/C14H30O2Si/c1-7-9-13(10-8-11-15)12-16-17(5,6)14(2,3)4/h11,13H,7-10,12H2,1-6H3. The van der Waals surface area contributed by atoms with Crippen molar-refractivity contribution in [2.24, 2.45) is 5.92 Å². The van der Waals surface area contributed by atoms with Crippen molar-refractivity contribution in [3.63, 3.8) is 0 Å². The Labute approximate surface area is 108 Å². The molecular formula is C14H30O2Si. The van der Waals surface area contributed by atoms with E-state index in [0.717, 1.165) is 19.3 Å². The summed E-state index contributed by atoms with van der Waals surface area (Å²) in [5, 5.41) is 0.272. The first-order chi connectivity index (χ1) is 7.74. The molecule has 0 aromatic rings. The number of carbonyl (C=O) groups is 1. The van der Waals surface area contributed by atoms with Crippen LogP contribution in [-0.2, 0) is 9.22 Å². The van der Waals surface area contributed by atoms with Crippen molar-refractivity contribution >= 4 is 14.6 Å². The van der Waals surface area contributed by atoms with Gasteiger partial charge in [0.1, 0.15) is 6.29 Å². The molecule has 0 saturated heterocycles. The molecule has 0 aliphatic carbocycles. The summed E-state index contributed by atoms with van der Waals surface area (Å²) >= 11 is 0. The highest BCUT2D eigenvalue weighted by Gasteiger charge is 2.37. The fraction of sp³-hybridized carbons (Fsp3) is 0.929. The predicted octanol–water partition coefficient (Wildman–Crippen LogP) is 4.40. The lowest BCUT2D eigenvalue weighted by atomic mass is 10.00. The van der Waals surface area contributed by atoms with Gasteiger partial charge in [-0.15, -0.1) is 0 Å². The third kappa shape index (κ3) is 6.37. The molecule has 2 nitrogen and oxygen atoms in total. The first kappa shape index (κ1) is 16.8. The molecule has 1 atom stereocenters. The van der Waals surface area contributed by atoms with Crippen molar-refractivity contribution in [2.45, 2.75) is 71.5 Å². The summed E-state index contributed by atoms with van der Waals surface area (Å²) in [5.41, 5.74) is 0. The average Bonchev–Trinajstić information content (AvgIpc) is 2.20. The third-order valence-corrected chi connectivity index (χ3v) is 8.38. The Balaban J connectivity index is 4.23. The van der Waals surface area contributed by atoms with Crippen LogP contribution >= 0.6 is 0 Å². The first-order valence-electron chi connectivity index (χ1n) is 6.82. The molecule has 17 heavy (non-hydrogen) atoms. The quantitative estimate of drug-likeness (QED) is 0.476. The molecule has 0 aromatic heterocycles. The van der Waals surface area contributed by atoms with Crippen molar-refractivity contribution in [2.75, 3.05) is 6.61 Å². The van der Waals surface area contributed by atoms with Crippen LogP contribution in [0.25, 0.3) is 0 Å². The molecular weight excluding hydrogens is 228 g/mol. The number of hydrogen-bond acceptors (Lipinski definition) is 2. The normalized spacial score (nSPS) is 14.7. The Morgan fingerprint density at radius 3 is 2.24 bits per heavy atom. The maximum absolute atomic E-state index is 10.4. The monoisotopic (exact) mass is 258 g/mol. The van der Waals surface area contributed by atoms with Gasteiger partial charge in [-0.3, -0.25) is 0 Å². The van der Waals surface area contributed by atoms with E-state index in [0.29, 0.717) is 12.3 Å². The number of carbonyl (C=O) groups excluding carboxylic acids is 1. The molecule has 0 bridgehead atoms. The SMILES string of the molecule is CCCC(CCC=O)CO[Si](C)(C)C(C)(C)C. The van der Waals surface area contributed by atoms with Gasteiger partial charge in [0.2, 0.25) is 0 Å². The van der Waals surface area contributed by atoms with E-state index in [1.165, 1.54) is 12.8 Å². The molecule has 0 saturated carbocycles. The van der Waals surface area contributed by atoms with Crippen molar-refractivity contribution in [3.8, 4) is 0 Å². The van der Waals surface area contributed by atoms with Crippen LogP contribution < -0.4 is 0 Å². The molecule has 0 spiro atoms. The van der Waals surface area contributed by atoms with Gasteiger partial charge in [0.15, 0.2) is 8.32 Å². The van der Waals surface area contributed by atoms with Crippen LogP contribution in [0.3, 0.4) is 0 Å². The fourth-order valence-corrected chi connectivity index (χ4v) is 2.65. The Morgan fingerprint density at radius 2 is 1.82 bits per heavy atom. The highest BCUT2D eigenvalue weighted by Crippen LogP contribution is 2.37. The smallest absolute Gasteiger partial charge is 0.191 e. The summed E-state index contributed by atoms with van der Waals surface area (Å²) in [7, 11) is -1.62. The number of hydrogen-bond donors (Lipinski definition) is 0. The highest BCUT2D eigenvalue weighted by molar-refractivity contribution is 6.74. The van der Waals surface area contributed by atoms with Gasteiger partial charge >= 0.3 is 0 Å². The average molecular weight is 258 g/mol. The van der Waals surface area contributed by atoms with E-state index in [9.17, 15) is 4.79 Å². The minimum absolute atomic E-state index is 0.272. The van der Waals surface area contributed by atoms with Crippen LogP contribution in [0, 0.1) is 5.92 Å². The van der Waals surface area contributed by atoms with Gasteiger partial charge in [0.25, 0.3) is 0 Å². The molecule has 0 N–H and O–H groups in total. The molecule has 102 valence electrons. The molecule has 0 heterocycles. The second kappa shape index (κ2) is 7.32. The minimum Gasteiger partial charge on any atom is -0.417 e. The van der Waals surface area contributed by atoms with Gasteiger partial charge in [-0.25, -0.2) is 0 Å². The van der Waals surface area contributed by atoms with Crippen molar-refractivity contribution in [1.29, 1.82) is 0 Å². The summed E-state index contributed by atoms with van der Waals surface area (Å²) in [6.45, 7) is 14.4. The fourth-order valence-electron chi connectivity index (χ4n) is 1.57. The summed E-state index contributed by atoms with van der Waals surface area (Å²) < 4.78 is 6.23. The Hall–Kier alpha value is -0.153. The van der Waals surface area contributed by atoms with Crippen molar-refractivity contribution in [3.05, 3.63) is 0 Å². The maximum Gasteiger partial charge on any atom is 0.191 e. The van der Waals surface area contributed by atoms with Crippen molar-refractivity contribution in [1.82, 2.24) is 0 Å². The predicted molar refractivity (Wildman–Crippen MR) is 76.8 cm³/mol. The summed E-state index contributed by atoms with van der Waals surface area (Å²) in [5.74, 6) is 0.555. The Morgan fingerprint density at radius 1 is 1.24 bits per heavy atom. The van der Waals surface area contributed by atoms with Crippen LogP contribution in [-0.4, -0.2) is 21.2 Å². The summed E-state index contributed by atoms with van der Waals surface area (Å²) in [6, 6.07) is 0. The van der Waals surface area contributed by atoms with Crippen LogP contribution in [0.15, 0.2) is 0 Å². The molecule has 0 aromatic carbocycles. The van der Waals surface area contributed by atoms with E-state index >= 15 is 0 Å². The van der Waals surface area contributed by atoms with Crippen LogP contribution in [0.4, 0.5) is 0 Å². The number of rotatable bonds is 8. The minimum atomic E-state index is -1.62. The van der Waals surface area contributed by atoms with Gasteiger partial charge < -0.3 is 9.22 Å². The zero-order valence-corrected chi connectivity index (χ0v) is 13.5. The second-order valence-corrected chi connectivity index (χ2v) is 11.3. The van der Waals surface area contributed by atoms with Gasteiger partial charge in [-0.1, -0.05) is 34.1 Å². The van der Waals surface area contributed by atoms with Crippen LogP contribution in [0.2, 0.25) is 18.1 Å². The van der Waals surface area contributed by atoms with E-state index < -0.39 is 8.32 Å². The largest absolute Gasteiger partial charge is 0.417 e. The molecule has 0 rings (SSSR count). The maximum atomic E-state index is 10.4. The molecule has 3 heteroatoms. The van der Waals surface area contributed by atoms with Gasteiger partial charge in [0, 0.05) is 13.0 Å². The van der Waals surface area contributed by atoms with Crippen LogP contribution in [0.5, 0.6) is 0 Å². The van der Waals surface area contributed by atoms with Crippen LogP contribution in [0.1, 0.15) is 53.4 Å². The molecule has 1 unspecified atom stereocenters. The molecule has 0 amide bonds. The summed E-state index contributed by atoms with van der Waals surface area (Å²) in [4.78, 5) is 10.4. The topological polar surface area (TPSA) is 26.3 Å². The van der Waals surface area contributed by atoms with E-state index in [-0.39, 0.29) is 5.04 Å². The zero-order chi connectivity index (χ0) is 13.5. The zero-order valence-electron chi connectivity index (χ0n) is 12.5.